The minimum atomic E-state index is -0.177. The normalized spacial score (nSPS) is 23.1. The van der Waals surface area contributed by atoms with Crippen molar-refractivity contribution in [3.8, 4) is 0 Å². The van der Waals surface area contributed by atoms with Gasteiger partial charge >= 0.3 is 0 Å². The third-order valence-corrected chi connectivity index (χ3v) is 3.76. The largest absolute Gasteiger partial charge is 0.317 e. The lowest BCUT2D eigenvalue weighted by Crippen LogP contribution is -2.43. The van der Waals surface area contributed by atoms with Gasteiger partial charge in [0.15, 0.2) is 0 Å². The van der Waals surface area contributed by atoms with Crippen molar-refractivity contribution in [3.63, 3.8) is 0 Å². The number of hydrogen-bond acceptors (Lipinski definition) is 3. The molecule has 78 valence electrons. The molecule has 0 unspecified atom stereocenters. The predicted molar refractivity (Wildman–Crippen MR) is 56.7 cm³/mol. The number of carbonyl (C=O) groups excluding carboxylic acids is 1. The molecule has 0 aromatic carbocycles. The van der Waals surface area contributed by atoms with Crippen LogP contribution in [0.3, 0.4) is 0 Å². The monoisotopic (exact) mass is 202 g/mol. The molecule has 0 radical (unpaired) electrons. The Morgan fingerprint density at radius 1 is 1.33 bits per heavy atom. The molecule has 15 heavy (non-hydrogen) atoms. The van der Waals surface area contributed by atoms with E-state index < -0.39 is 0 Å². The van der Waals surface area contributed by atoms with Crippen LogP contribution in [-0.2, 0) is 16.6 Å². The number of ketones is 1. The van der Waals surface area contributed by atoms with Gasteiger partial charge in [-0.3, -0.25) is 9.78 Å². The molecule has 2 heterocycles. The van der Waals surface area contributed by atoms with E-state index in [2.05, 4.69) is 10.3 Å². The van der Waals surface area contributed by atoms with Crippen LogP contribution < -0.4 is 5.32 Å². The van der Waals surface area contributed by atoms with Crippen molar-refractivity contribution < 1.29 is 4.79 Å². The highest BCUT2D eigenvalue weighted by Crippen LogP contribution is 2.42. The second-order valence-electron chi connectivity index (χ2n) is 4.46. The molecular weight excluding hydrogens is 188 g/mol. The average Bonchev–Trinajstić information content (AvgIpc) is 2.55. The van der Waals surface area contributed by atoms with Gasteiger partial charge in [0, 0.05) is 18.8 Å². The van der Waals surface area contributed by atoms with Gasteiger partial charge in [-0.05, 0) is 43.1 Å². The molecule has 3 nitrogen and oxygen atoms in total. The van der Waals surface area contributed by atoms with Gasteiger partial charge in [-0.1, -0.05) is 0 Å². The fourth-order valence-electron chi connectivity index (χ4n) is 2.93. The van der Waals surface area contributed by atoms with Crippen LogP contribution in [0.4, 0.5) is 0 Å². The van der Waals surface area contributed by atoms with E-state index in [-0.39, 0.29) is 5.41 Å². The third kappa shape index (κ3) is 1.16. The van der Waals surface area contributed by atoms with Gasteiger partial charge in [0.1, 0.15) is 5.78 Å². The molecule has 1 N–H and O–H groups in total. The van der Waals surface area contributed by atoms with E-state index in [1.807, 2.05) is 12.3 Å². The van der Waals surface area contributed by atoms with Crippen LogP contribution in [0, 0.1) is 0 Å². The summed E-state index contributed by atoms with van der Waals surface area (Å²) in [6.45, 7) is 1.90. The summed E-state index contributed by atoms with van der Waals surface area (Å²) in [4.78, 5) is 16.3. The number of piperidine rings is 1. The fourth-order valence-corrected chi connectivity index (χ4v) is 2.93. The molecule has 3 rings (SSSR count). The summed E-state index contributed by atoms with van der Waals surface area (Å²) in [6, 6.07) is 2.03. The second kappa shape index (κ2) is 3.14. The lowest BCUT2D eigenvalue weighted by Gasteiger charge is -2.33. The SMILES string of the molecule is O=C1Cc2cnccc2C12CCNCC2. The Labute approximate surface area is 88.9 Å². The number of hydrogen-bond donors (Lipinski definition) is 1. The maximum atomic E-state index is 12.2. The Hall–Kier alpha value is -1.22. The van der Waals surface area contributed by atoms with Crippen LogP contribution >= 0.6 is 0 Å². The van der Waals surface area contributed by atoms with Crippen molar-refractivity contribution in [2.24, 2.45) is 0 Å². The number of nitrogens with one attached hydrogen (secondary N) is 1. The molecule has 1 fully saturated rings. The van der Waals surface area contributed by atoms with Crippen molar-refractivity contribution in [2.45, 2.75) is 24.7 Å². The molecule has 1 aromatic rings. The van der Waals surface area contributed by atoms with Gasteiger partial charge in [-0.25, -0.2) is 0 Å². The van der Waals surface area contributed by atoms with Gasteiger partial charge in [-0.2, -0.15) is 0 Å². The maximum Gasteiger partial charge on any atom is 0.147 e. The van der Waals surface area contributed by atoms with Crippen LogP contribution in [0.2, 0.25) is 0 Å². The van der Waals surface area contributed by atoms with Crippen LogP contribution in [0.15, 0.2) is 18.5 Å². The minimum Gasteiger partial charge on any atom is -0.317 e. The zero-order valence-corrected chi connectivity index (χ0v) is 8.62. The topological polar surface area (TPSA) is 42.0 Å². The van der Waals surface area contributed by atoms with Gasteiger partial charge < -0.3 is 5.32 Å². The van der Waals surface area contributed by atoms with E-state index >= 15 is 0 Å². The standard InChI is InChI=1S/C12H14N2O/c15-11-7-9-8-14-4-1-10(9)12(11)2-5-13-6-3-12/h1,4,8,13H,2-3,5-7H2. The number of rotatable bonds is 0. The summed E-state index contributed by atoms with van der Waals surface area (Å²) in [5, 5.41) is 3.32. The van der Waals surface area contributed by atoms with Crippen LogP contribution in [-0.4, -0.2) is 23.9 Å². The average molecular weight is 202 g/mol. The first-order valence-electron chi connectivity index (χ1n) is 5.50. The quantitative estimate of drug-likeness (QED) is 0.677. The number of nitrogens with zero attached hydrogens (tertiary/aromatic N) is 1. The number of fused-ring (bicyclic) bond motifs is 2. The first kappa shape index (κ1) is 9.04. The van der Waals surface area contributed by atoms with Crippen LogP contribution in [0.5, 0.6) is 0 Å². The Kier molecular flexibility index (Phi) is 1.89. The van der Waals surface area contributed by atoms with E-state index in [0.29, 0.717) is 12.2 Å². The molecule has 1 spiro atoms. The first-order valence-corrected chi connectivity index (χ1v) is 5.50. The lowest BCUT2D eigenvalue weighted by atomic mass is 9.74. The zero-order chi connectivity index (χ0) is 10.3. The van der Waals surface area contributed by atoms with Crippen molar-refractivity contribution in [3.05, 3.63) is 29.6 Å². The fraction of sp³-hybridized carbons (Fsp3) is 0.500. The minimum absolute atomic E-state index is 0.177. The molecule has 1 saturated heterocycles. The lowest BCUT2D eigenvalue weighted by molar-refractivity contribution is -0.123. The van der Waals surface area contributed by atoms with Gasteiger partial charge in [0.05, 0.1) is 5.41 Å². The third-order valence-electron chi connectivity index (χ3n) is 3.76. The molecule has 0 atom stereocenters. The zero-order valence-electron chi connectivity index (χ0n) is 8.62. The van der Waals surface area contributed by atoms with Crippen LogP contribution in [0.1, 0.15) is 24.0 Å². The number of pyridine rings is 1. The highest BCUT2D eigenvalue weighted by atomic mass is 16.1. The summed E-state index contributed by atoms with van der Waals surface area (Å²) < 4.78 is 0. The molecule has 3 heteroatoms. The molecular formula is C12H14N2O. The molecule has 2 aliphatic rings. The predicted octanol–water partition coefficient (Wildman–Crippen LogP) is 0.828. The Balaban J connectivity index is 2.11. The van der Waals surface area contributed by atoms with Crippen molar-refractivity contribution in [1.82, 2.24) is 10.3 Å². The Bertz CT molecular complexity index is 408. The Morgan fingerprint density at radius 3 is 2.93 bits per heavy atom. The number of aromatic nitrogens is 1. The summed E-state index contributed by atoms with van der Waals surface area (Å²) in [6.07, 6.45) is 6.14. The summed E-state index contributed by atoms with van der Waals surface area (Å²) >= 11 is 0. The van der Waals surface area contributed by atoms with Gasteiger partial charge in [0.25, 0.3) is 0 Å². The van der Waals surface area contributed by atoms with Crippen molar-refractivity contribution in [2.75, 3.05) is 13.1 Å². The van der Waals surface area contributed by atoms with Gasteiger partial charge in [-0.15, -0.1) is 0 Å². The smallest absolute Gasteiger partial charge is 0.147 e. The number of Topliss-reactive ketones (excluding diaryl/α,β-unsaturated/α-hetero) is 1. The van der Waals surface area contributed by atoms with E-state index in [1.165, 1.54) is 5.56 Å². The van der Waals surface area contributed by atoms with E-state index in [4.69, 9.17) is 0 Å². The van der Waals surface area contributed by atoms with Crippen LogP contribution in [0.25, 0.3) is 0 Å². The molecule has 0 amide bonds. The van der Waals surface area contributed by atoms with Crippen molar-refractivity contribution in [1.29, 1.82) is 0 Å². The summed E-state index contributed by atoms with van der Waals surface area (Å²) in [5.41, 5.74) is 2.21. The Morgan fingerprint density at radius 2 is 2.13 bits per heavy atom. The van der Waals surface area contributed by atoms with E-state index in [0.717, 1.165) is 31.5 Å². The van der Waals surface area contributed by atoms with E-state index in [9.17, 15) is 4.79 Å². The van der Waals surface area contributed by atoms with Crippen molar-refractivity contribution >= 4 is 5.78 Å². The highest BCUT2D eigenvalue weighted by molar-refractivity contribution is 5.96. The van der Waals surface area contributed by atoms with E-state index in [1.54, 1.807) is 6.20 Å². The molecule has 1 aliphatic carbocycles. The summed E-state index contributed by atoms with van der Waals surface area (Å²) in [7, 11) is 0. The highest BCUT2D eigenvalue weighted by Gasteiger charge is 2.46. The molecule has 1 aliphatic heterocycles. The first-order chi connectivity index (χ1) is 7.33. The van der Waals surface area contributed by atoms with Gasteiger partial charge in [0.2, 0.25) is 0 Å². The second-order valence-corrected chi connectivity index (χ2v) is 4.46. The summed E-state index contributed by atoms with van der Waals surface area (Å²) in [5.74, 6) is 0.395. The molecule has 1 aromatic heterocycles. The number of carbonyl (C=O) groups is 1. The maximum absolute atomic E-state index is 12.2. The molecule has 0 saturated carbocycles. The molecule has 0 bridgehead atoms.